The van der Waals surface area contributed by atoms with Gasteiger partial charge >= 0.3 is 0 Å². The van der Waals surface area contributed by atoms with Crippen molar-refractivity contribution >= 4 is 11.9 Å². The lowest BCUT2D eigenvalue weighted by atomic mass is 10.3. The number of nitrogens with zero attached hydrogens (tertiary/aromatic N) is 2. The van der Waals surface area contributed by atoms with E-state index >= 15 is 0 Å². The molecule has 1 N–H and O–H groups in total. The van der Waals surface area contributed by atoms with Crippen molar-refractivity contribution in [2.24, 2.45) is 10.2 Å². The summed E-state index contributed by atoms with van der Waals surface area (Å²) in [7, 11) is 1.91. The molecule has 0 spiro atoms. The highest BCUT2D eigenvalue weighted by atomic mass is 15.2. The van der Waals surface area contributed by atoms with Crippen molar-refractivity contribution in [3.63, 3.8) is 0 Å². The first kappa shape index (κ1) is 10.3. The third-order valence-corrected chi connectivity index (χ3v) is 1.25. The molecule has 0 saturated carbocycles. The Morgan fingerprint density at radius 2 is 2.18 bits per heavy atom. The average Bonchev–Trinajstić information content (AvgIpc) is 2.03. The van der Waals surface area contributed by atoms with Gasteiger partial charge in [0.05, 0.1) is 5.71 Å². The zero-order valence-electron chi connectivity index (χ0n) is 7.59. The number of rotatable bonds is 5. The maximum absolute atomic E-state index is 4.05. The fourth-order valence-electron chi connectivity index (χ4n) is 0.639. The lowest BCUT2D eigenvalue weighted by Gasteiger charge is -1.97. The van der Waals surface area contributed by atoms with E-state index in [-0.39, 0.29) is 0 Å². The number of nitrogens with one attached hydrogen (secondary N) is 1. The lowest BCUT2D eigenvalue weighted by Crippen LogP contribution is -2.17. The van der Waals surface area contributed by atoms with Crippen LogP contribution in [0.3, 0.4) is 0 Å². The van der Waals surface area contributed by atoms with Gasteiger partial charge in [-0.15, -0.1) is 0 Å². The molecule has 0 aromatic heterocycles. The molecule has 0 saturated heterocycles. The molecule has 0 aliphatic heterocycles. The van der Waals surface area contributed by atoms with Gasteiger partial charge in [0.2, 0.25) is 0 Å². The van der Waals surface area contributed by atoms with Crippen LogP contribution >= 0.6 is 0 Å². The summed E-state index contributed by atoms with van der Waals surface area (Å²) in [5.41, 5.74) is 1.09. The largest absolute Gasteiger partial charge is 0.314 e. The summed E-state index contributed by atoms with van der Waals surface area (Å²) < 4.78 is 0. The van der Waals surface area contributed by atoms with Crippen molar-refractivity contribution < 1.29 is 0 Å². The first-order valence-corrected chi connectivity index (χ1v) is 4.06. The van der Waals surface area contributed by atoms with E-state index in [9.17, 15) is 0 Å². The first-order valence-electron chi connectivity index (χ1n) is 4.06. The topological polar surface area (TPSA) is 36.8 Å². The van der Waals surface area contributed by atoms with E-state index in [1.807, 2.05) is 20.2 Å². The van der Waals surface area contributed by atoms with Crippen LogP contribution in [-0.4, -0.2) is 25.5 Å². The SMILES string of the molecule is CC/C=N/N=C(/CC)CNC. The molecule has 11 heavy (non-hydrogen) atoms. The molecule has 0 aromatic rings. The van der Waals surface area contributed by atoms with Crippen molar-refractivity contribution in [3.05, 3.63) is 0 Å². The van der Waals surface area contributed by atoms with Crippen LogP contribution in [0.15, 0.2) is 10.2 Å². The van der Waals surface area contributed by atoms with E-state index in [1.54, 1.807) is 0 Å². The van der Waals surface area contributed by atoms with Gasteiger partial charge in [0.25, 0.3) is 0 Å². The second-order valence-electron chi connectivity index (χ2n) is 2.26. The summed E-state index contributed by atoms with van der Waals surface area (Å²) in [4.78, 5) is 0. The quantitative estimate of drug-likeness (QED) is 0.473. The molecule has 0 aliphatic rings. The Morgan fingerprint density at radius 3 is 2.64 bits per heavy atom. The predicted octanol–water partition coefficient (Wildman–Crippen LogP) is 1.45. The monoisotopic (exact) mass is 155 g/mol. The van der Waals surface area contributed by atoms with Crippen LogP contribution in [0.2, 0.25) is 0 Å². The normalized spacial score (nSPS) is 12.8. The van der Waals surface area contributed by atoms with Crippen LogP contribution in [0, 0.1) is 0 Å². The summed E-state index contributed by atoms with van der Waals surface area (Å²) in [6, 6.07) is 0. The van der Waals surface area contributed by atoms with Gasteiger partial charge in [-0.3, -0.25) is 0 Å². The Labute approximate surface area is 68.6 Å². The first-order chi connectivity index (χ1) is 5.35. The molecule has 3 heteroatoms. The van der Waals surface area contributed by atoms with Crippen LogP contribution in [0.4, 0.5) is 0 Å². The van der Waals surface area contributed by atoms with Crippen molar-refractivity contribution in [1.29, 1.82) is 0 Å². The Morgan fingerprint density at radius 1 is 1.45 bits per heavy atom. The fraction of sp³-hybridized carbons (Fsp3) is 0.750. The van der Waals surface area contributed by atoms with E-state index in [0.29, 0.717) is 0 Å². The maximum atomic E-state index is 4.05. The molecular formula is C8H17N3. The molecule has 64 valence electrons. The van der Waals surface area contributed by atoms with E-state index < -0.39 is 0 Å². The fourth-order valence-corrected chi connectivity index (χ4v) is 0.639. The van der Waals surface area contributed by atoms with Gasteiger partial charge < -0.3 is 5.32 Å². The molecule has 0 amide bonds. The molecule has 0 rings (SSSR count). The molecular weight excluding hydrogens is 138 g/mol. The minimum atomic E-state index is 0.831. The molecule has 0 bridgehead atoms. The Hall–Kier alpha value is -0.700. The van der Waals surface area contributed by atoms with E-state index in [2.05, 4.69) is 22.4 Å². The minimum absolute atomic E-state index is 0.831. The number of hydrogen-bond donors (Lipinski definition) is 1. The highest BCUT2D eigenvalue weighted by Crippen LogP contribution is 1.85. The molecule has 0 heterocycles. The van der Waals surface area contributed by atoms with Crippen molar-refractivity contribution in [1.82, 2.24) is 5.32 Å². The maximum Gasteiger partial charge on any atom is 0.0540 e. The third kappa shape index (κ3) is 5.73. The Kier molecular flexibility index (Phi) is 6.94. The van der Waals surface area contributed by atoms with Crippen LogP contribution in [0.5, 0.6) is 0 Å². The van der Waals surface area contributed by atoms with Crippen LogP contribution in [-0.2, 0) is 0 Å². The highest BCUT2D eigenvalue weighted by molar-refractivity contribution is 5.86. The van der Waals surface area contributed by atoms with Crippen LogP contribution < -0.4 is 5.32 Å². The summed E-state index contributed by atoms with van der Waals surface area (Å²) in [6.07, 6.45) is 3.72. The van der Waals surface area contributed by atoms with Gasteiger partial charge in [-0.1, -0.05) is 13.8 Å². The minimum Gasteiger partial charge on any atom is -0.314 e. The van der Waals surface area contributed by atoms with Gasteiger partial charge in [-0.05, 0) is 19.9 Å². The second-order valence-corrected chi connectivity index (χ2v) is 2.26. The highest BCUT2D eigenvalue weighted by Gasteiger charge is 1.90. The third-order valence-electron chi connectivity index (χ3n) is 1.25. The van der Waals surface area contributed by atoms with E-state index in [1.165, 1.54) is 0 Å². The van der Waals surface area contributed by atoms with E-state index in [0.717, 1.165) is 25.1 Å². The summed E-state index contributed by atoms with van der Waals surface area (Å²) in [5, 5.41) is 11.0. The van der Waals surface area contributed by atoms with Gasteiger partial charge in [-0.2, -0.15) is 10.2 Å². The molecule has 0 radical (unpaired) electrons. The Balaban J connectivity index is 3.79. The van der Waals surface area contributed by atoms with Crippen LogP contribution in [0.1, 0.15) is 26.7 Å². The van der Waals surface area contributed by atoms with Crippen molar-refractivity contribution in [2.45, 2.75) is 26.7 Å². The molecule has 0 aromatic carbocycles. The van der Waals surface area contributed by atoms with E-state index in [4.69, 9.17) is 0 Å². The molecule has 3 nitrogen and oxygen atoms in total. The van der Waals surface area contributed by atoms with Crippen molar-refractivity contribution in [3.8, 4) is 0 Å². The van der Waals surface area contributed by atoms with Crippen molar-refractivity contribution in [2.75, 3.05) is 13.6 Å². The van der Waals surface area contributed by atoms with Crippen LogP contribution in [0.25, 0.3) is 0 Å². The smallest absolute Gasteiger partial charge is 0.0540 e. The second kappa shape index (κ2) is 7.41. The summed E-state index contributed by atoms with van der Waals surface area (Å²) >= 11 is 0. The molecule has 0 fully saturated rings. The van der Waals surface area contributed by atoms with Gasteiger partial charge in [0.1, 0.15) is 0 Å². The van der Waals surface area contributed by atoms with Gasteiger partial charge in [0.15, 0.2) is 0 Å². The number of hydrogen-bond acceptors (Lipinski definition) is 3. The Bertz CT molecular complexity index is 138. The zero-order valence-corrected chi connectivity index (χ0v) is 7.59. The molecule has 0 aliphatic carbocycles. The zero-order chi connectivity index (χ0) is 8.53. The molecule has 0 unspecified atom stereocenters. The summed E-state index contributed by atoms with van der Waals surface area (Å²) in [5.74, 6) is 0. The lowest BCUT2D eigenvalue weighted by molar-refractivity contribution is 0.921. The average molecular weight is 155 g/mol. The predicted molar refractivity (Wildman–Crippen MR) is 50.4 cm³/mol. The molecule has 0 atom stereocenters. The summed E-state index contributed by atoms with van der Waals surface area (Å²) in [6.45, 7) is 4.96. The van der Waals surface area contributed by atoms with Gasteiger partial charge in [-0.25, -0.2) is 0 Å². The standard InChI is InChI=1S/C8H17N3/c1-4-6-10-11-8(5-2)7-9-3/h6,9H,4-5,7H2,1-3H3/b10-6+,11-8-. The van der Waals surface area contributed by atoms with Gasteiger partial charge in [0, 0.05) is 12.8 Å².